The van der Waals surface area contributed by atoms with Gasteiger partial charge in [-0.15, -0.1) is 0 Å². The topological polar surface area (TPSA) is 98.7 Å². The van der Waals surface area contributed by atoms with Gasteiger partial charge in [-0.3, -0.25) is 4.79 Å². The van der Waals surface area contributed by atoms with Gasteiger partial charge in [-0.25, -0.2) is 4.79 Å². The van der Waals surface area contributed by atoms with Crippen LogP contribution in [0.3, 0.4) is 0 Å². The molecule has 4 N–H and O–H groups in total. The highest BCUT2D eigenvalue weighted by molar-refractivity contribution is 5.74. The van der Waals surface area contributed by atoms with E-state index in [0.29, 0.717) is 6.54 Å². The van der Waals surface area contributed by atoms with Crippen LogP contribution in [0, 0.1) is 6.92 Å². The van der Waals surface area contributed by atoms with Gasteiger partial charge in [0.05, 0.1) is 12.0 Å². The van der Waals surface area contributed by atoms with Gasteiger partial charge in [-0.1, -0.05) is 29.8 Å². The van der Waals surface area contributed by atoms with Crippen molar-refractivity contribution in [3.05, 3.63) is 35.4 Å². The van der Waals surface area contributed by atoms with Crippen molar-refractivity contribution < 1.29 is 19.8 Å². The zero-order valence-corrected chi connectivity index (χ0v) is 11.6. The second kappa shape index (κ2) is 6.91. The summed E-state index contributed by atoms with van der Waals surface area (Å²) >= 11 is 0. The molecule has 0 fully saturated rings. The average molecular weight is 280 g/mol. The van der Waals surface area contributed by atoms with Crippen molar-refractivity contribution in [2.75, 3.05) is 6.54 Å². The van der Waals surface area contributed by atoms with Crippen molar-refractivity contribution in [1.82, 2.24) is 10.6 Å². The quantitative estimate of drug-likeness (QED) is 0.625. The fourth-order valence-corrected chi connectivity index (χ4v) is 1.73. The molecule has 0 saturated heterocycles. The summed E-state index contributed by atoms with van der Waals surface area (Å²) in [5.41, 5.74) is 0.610. The summed E-state index contributed by atoms with van der Waals surface area (Å²) in [5, 5.41) is 23.4. The molecule has 0 aromatic heterocycles. The Labute approximate surface area is 117 Å². The molecule has 1 aromatic carbocycles. The number of benzene rings is 1. The summed E-state index contributed by atoms with van der Waals surface area (Å²) < 4.78 is 0. The van der Waals surface area contributed by atoms with Gasteiger partial charge in [0, 0.05) is 13.1 Å². The summed E-state index contributed by atoms with van der Waals surface area (Å²) in [7, 11) is 0. The lowest BCUT2D eigenvalue weighted by Gasteiger charge is -2.21. The largest absolute Gasteiger partial charge is 0.481 e. The standard InChI is InChI=1S/C14H20N2O4/c1-10-4-3-5-11(6-10)8-15-13(19)16-9-14(2,20)7-12(17)18/h3-6,20H,7-9H2,1-2H3,(H,17,18)(H2,15,16,19). The van der Waals surface area contributed by atoms with E-state index in [2.05, 4.69) is 10.6 Å². The van der Waals surface area contributed by atoms with Crippen LogP contribution < -0.4 is 10.6 Å². The number of hydrogen-bond donors (Lipinski definition) is 4. The molecule has 6 heteroatoms. The van der Waals surface area contributed by atoms with Crippen LogP contribution in [0.1, 0.15) is 24.5 Å². The maximum absolute atomic E-state index is 11.6. The lowest BCUT2D eigenvalue weighted by molar-refractivity contribution is -0.141. The number of carboxylic acid groups (broad SMARTS) is 1. The Hall–Kier alpha value is -2.08. The van der Waals surface area contributed by atoms with Crippen molar-refractivity contribution in [2.45, 2.75) is 32.4 Å². The van der Waals surface area contributed by atoms with Gasteiger partial charge in [0.1, 0.15) is 0 Å². The van der Waals surface area contributed by atoms with Gasteiger partial charge < -0.3 is 20.8 Å². The first-order valence-corrected chi connectivity index (χ1v) is 6.30. The summed E-state index contributed by atoms with van der Waals surface area (Å²) in [4.78, 5) is 22.1. The third-order valence-electron chi connectivity index (χ3n) is 2.70. The van der Waals surface area contributed by atoms with Crippen LogP contribution in [-0.4, -0.2) is 34.4 Å². The van der Waals surface area contributed by atoms with E-state index in [0.717, 1.165) is 11.1 Å². The molecule has 0 heterocycles. The Morgan fingerprint density at radius 2 is 2.00 bits per heavy atom. The van der Waals surface area contributed by atoms with Gasteiger partial charge in [0.15, 0.2) is 0 Å². The van der Waals surface area contributed by atoms with E-state index in [1.807, 2.05) is 31.2 Å². The second-order valence-corrected chi connectivity index (χ2v) is 5.09. The molecule has 1 rings (SSSR count). The minimum Gasteiger partial charge on any atom is -0.481 e. The van der Waals surface area contributed by atoms with E-state index in [1.165, 1.54) is 6.92 Å². The molecule has 6 nitrogen and oxygen atoms in total. The SMILES string of the molecule is Cc1cccc(CNC(=O)NCC(C)(O)CC(=O)O)c1. The summed E-state index contributed by atoms with van der Waals surface area (Å²) in [6.45, 7) is 3.57. The molecule has 0 saturated carbocycles. The average Bonchev–Trinajstić information content (AvgIpc) is 2.32. The minimum absolute atomic E-state index is 0.126. The van der Waals surface area contributed by atoms with Crippen LogP contribution in [0.15, 0.2) is 24.3 Å². The third kappa shape index (κ3) is 6.19. The van der Waals surface area contributed by atoms with E-state index < -0.39 is 24.0 Å². The molecule has 110 valence electrons. The summed E-state index contributed by atoms with van der Waals surface area (Å²) in [6, 6.07) is 7.28. The number of aliphatic hydroxyl groups is 1. The maximum atomic E-state index is 11.6. The monoisotopic (exact) mass is 280 g/mol. The number of aryl methyl sites for hydroxylation is 1. The lowest BCUT2D eigenvalue weighted by Crippen LogP contribution is -2.45. The Kier molecular flexibility index (Phi) is 5.52. The van der Waals surface area contributed by atoms with Crippen LogP contribution in [-0.2, 0) is 11.3 Å². The van der Waals surface area contributed by atoms with E-state index >= 15 is 0 Å². The van der Waals surface area contributed by atoms with Crippen molar-refractivity contribution in [1.29, 1.82) is 0 Å². The first kappa shape index (κ1) is 16.0. The zero-order valence-electron chi connectivity index (χ0n) is 11.6. The molecule has 0 aliphatic carbocycles. The van der Waals surface area contributed by atoms with E-state index in [4.69, 9.17) is 5.11 Å². The molecule has 1 unspecified atom stereocenters. The van der Waals surface area contributed by atoms with Crippen molar-refractivity contribution in [2.24, 2.45) is 0 Å². The van der Waals surface area contributed by atoms with Gasteiger partial charge in [-0.05, 0) is 19.4 Å². The van der Waals surface area contributed by atoms with Gasteiger partial charge in [0.2, 0.25) is 0 Å². The summed E-state index contributed by atoms with van der Waals surface area (Å²) in [6.07, 6.45) is -0.425. The zero-order chi connectivity index (χ0) is 15.2. The number of carbonyl (C=O) groups excluding carboxylic acids is 1. The van der Waals surface area contributed by atoms with Crippen LogP contribution in [0.25, 0.3) is 0 Å². The number of hydrogen-bond acceptors (Lipinski definition) is 3. The Morgan fingerprint density at radius 1 is 1.30 bits per heavy atom. The fraction of sp³-hybridized carbons (Fsp3) is 0.429. The van der Waals surface area contributed by atoms with Crippen molar-refractivity contribution in [3.63, 3.8) is 0 Å². The van der Waals surface area contributed by atoms with E-state index in [9.17, 15) is 14.7 Å². The number of urea groups is 1. The highest BCUT2D eigenvalue weighted by Crippen LogP contribution is 2.07. The molecule has 2 amide bonds. The van der Waals surface area contributed by atoms with Crippen molar-refractivity contribution >= 4 is 12.0 Å². The van der Waals surface area contributed by atoms with Crippen molar-refractivity contribution in [3.8, 4) is 0 Å². The van der Waals surface area contributed by atoms with E-state index in [1.54, 1.807) is 0 Å². The number of aliphatic carboxylic acids is 1. The summed E-state index contributed by atoms with van der Waals surface area (Å²) in [5.74, 6) is -1.11. The van der Waals surface area contributed by atoms with Crippen LogP contribution >= 0.6 is 0 Å². The van der Waals surface area contributed by atoms with Crippen LogP contribution in [0.4, 0.5) is 4.79 Å². The molecule has 0 aliphatic rings. The predicted molar refractivity (Wildman–Crippen MR) is 74.3 cm³/mol. The molecule has 1 atom stereocenters. The molecule has 20 heavy (non-hydrogen) atoms. The van der Waals surface area contributed by atoms with E-state index in [-0.39, 0.29) is 6.54 Å². The second-order valence-electron chi connectivity index (χ2n) is 5.09. The number of carboxylic acids is 1. The Balaban J connectivity index is 2.35. The molecular formula is C14H20N2O4. The Bertz CT molecular complexity index is 486. The Morgan fingerprint density at radius 3 is 2.60 bits per heavy atom. The van der Waals surface area contributed by atoms with Gasteiger partial charge in [0.25, 0.3) is 0 Å². The minimum atomic E-state index is -1.47. The first-order valence-electron chi connectivity index (χ1n) is 6.30. The maximum Gasteiger partial charge on any atom is 0.315 e. The molecule has 0 aliphatic heterocycles. The fourth-order valence-electron chi connectivity index (χ4n) is 1.73. The molecule has 1 aromatic rings. The number of amides is 2. The highest BCUT2D eigenvalue weighted by Gasteiger charge is 2.24. The highest BCUT2D eigenvalue weighted by atomic mass is 16.4. The smallest absolute Gasteiger partial charge is 0.315 e. The first-order chi connectivity index (χ1) is 9.28. The van der Waals surface area contributed by atoms with Gasteiger partial charge >= 0.3 is 12.0 Å². The number of carbonyl (C=O) groups is 2. The van der Waals surface area contributed by atoms with Crippen LogP contribution in [0.5, 0.6) is 0 Å². The molecular weight excluding hydrogens is 260 g/mol. The molecule has 0 spiro atoms. The molecule has 0 radical (unpaired) electrons. The van der Waals surface area contributed by atoms with Gasteiger partial charge in [-0.2, -0.15) is 0 Å². The van der Waals surface area contributed by atoms with Crippen LogP contribution in [0.2, 0.25) is 0 Å². The lowest BCUT2D eigenvalue weighted by atomic mass is 10.0. The predicted octanol–water partition coefficient (Wildman–Crippen LogP) is 1.02. The third-order valence-corrected chi connectivity index (χ3v) is 2.70. The normalized spacial score (nSPS) is 13.3. The molecule has 0 bridgehead atoms. The number of rotatable bonds is 6. The number of nitrogens with one attached hydrogen (secondary N) is 2.